The third-order valence-corrected chi connectivity index (χ3v) is 6.26. The van der Waals surface area contributed by atoms with Crippen LogP contribution in [-0.4, -0.2) is 25.8 Å². The Morgan fingerprint density at radius 2 is 2.00 bits per heavy atom. The molecule has 3 rings (SSSR count). The smallest absolute Gasteiger partial charge is 0.255 e. The van der Waals surface area contributed by atoms with Crippen molar-refractivity contribution >= 4 is 27.3 Å². The van der Waals surface area contributed by atoms with Crippen LogP contribution in [0.3, 0.4) is 0 Å². The Morgan fingerprint density at radius 3 is 2.61 bits per heavy atom. The average Bonchev–Trinajstić information content (AvgIpc) is 3.16. The van der Waals surface area contributed by atoms with Gasteiger partial charge in [0, 0.05) is 11.9 Å². The minimum atomic E-state index is -3.80. The quantitative estimate of drug-likeness (QED) is 0.920. The van der Waals surface area contributed by atoms with E-state index in [0.717, 1.165) is 29.7 Å². The van der Waals surface area contributed by atoms with Crippen molar-refractivity contribution in [2.24, 2.45) is 5.14 Å². The van der Waals surface area contributed by atoms with E-state index in [4.69, 9.17) is 5.14 Å². The van der Waals surface area contributed by atoms with E-state index in [1.165, 1.54) is 23.6 Å². The molecule has 1 fully saturated rings. The van der Waals surface area contributed by atoms with Gasteiger partial charge in [0.1, 0.15) is 10.0 Å². The molecule has 0 aliphatic carbocycles. The van der Waals surface area contributed by atoms with Crippen molar-refractivity contribution in [2.45, 2.75) is 23.1 Å². The van der Waals surface area contributed by atoms with Crippen LogP contribution in [0.2, 0.25) is 0 Å². The first-order valence-corrected chi connectivity index (χ1v) is 9.46. The molecule has 0 spiro atoms. The van der Waals surface area contributed by atoms with Crippen LogP contribution in [0.15, 0.2) is 39.9 Å². The largest absolute Gasteiger partial charge is 0.332 e. The van der Waals surface area contributed by atoms with E-state index in [-0.39, 0.29) is 22.0 Å². The third kappa shape index (κ3) is 3.29. The van der Waals surface area contributed by atoms with Gasteiger partial charge in [0.25, 0.3) is 5.91 Å². The zero-order valence-corrected chi connectivity index (χ0v) is 13.7. The molecule has 5 nitrogen and oxygen atoms in total. The number of rotatable bonds is 3. The normalized spacial score (nSPS) is 18.3. The second-order valence-corrected chi connectivity index (χ2v) is 8.11. The van der Waals surface area contributed by atoms with Gasteiger partial charge in [0.15, 0.2) is 0 Å². The van der Waals surface area contributed by atoms with Gasteiger partial charge < -0.3 is 4.90 Å². The molecule has 1 atom stereocenters. The first kappa shape index (κ1) is 16.1. The van der Waals surface area contributed by atoms with E-state index in [2.05, 4.69) is 0 Å². The van der Waals surface area contributed by atoms with Crippen molar-refractivity contribution in [1.82, 2.24) is 4.90 Å². The fourth-order valence-corrected chi connectivity index (χ4v) is 4.36. The number of nitrogens with zero attached hydrogens (tertiary/aromatic N) is 1. The summed E-state index contributed by atoms with van der Waals surface area (Å²) in [7, 11) is -3.80. The standard InChI is InChI=1S/C15H15FN2O3S2/c16-12-5-3-10(4-6-12)13-2-1-7-18(13)15(19)11-8-14(22-9-11)23(17,20)21/h3-6,8-9,13H,1-2,7H2,(H2,17,20,21)/t13-/m0/s1. The highest BCUT2D eigenvalue weighted by atomic mass is 32.2. The van der Waals surface area contributed by atoms with E-state index in [0.29, 0.717) is 12.1 Å². The molecule has 122 valence electrons. The van der Waals surface area contributed by atoms with E-state index in [9.17, 15) is 17.6 Å². The maximum atomic E-state index is 13.1. The third-order valence-electron chi connectivity index (χ3n) is 3.87. The monoisotopic (exact) mass is 354 g/mol. The molecule has 1 aromatic heterocycles. The van der Waals surface area contributed by atoms with Gasteiger partial charge in [-0.05, 0) is 36.6 Å². The summed E-state index contributed by atoms with van der Waals surface area (Å²) in [5.41, 5.74) is 1.19. The molecule has 0 radical (unpaired) electrons. The molecular formula is C15H15FN2O3S2. The van der Waals surface area contributed by atoms with Crippen molar-refractivity contribution in [1.29, 1.82) is 0 Å². The van der Waals surface area contributed by atoms with Gasteiger partial charge in [-0.25, -0.2) is 17.9 Å². The van der Waals surface area contributed by atoms with Crippen LogP contribution in [-0.2, 0) is 10.0 Å². The molecule has 8 heteroatoms. The van der Waals surface area contributed by atoms with Crippen LogP contribution in [0.4, 0.5) is 4.39 Å². The Bertz CT molecular complexity index is 831. The number of halogens is 1. The Hall–Kier alpha value is -1.77. The van der Waals surface area contributed by atoms with Crippen LogP contribution < -0.4 is 5.14 Å². The van der Waals surface area contributed by atoms with E-state index >= 15 is 0 Å². The number of thiophene rings is 1. The minimum absolute atomic E-state index is 0.0293. The molecule has 2 N–H and O–H groups in total. The number of carbonyl (C=O) groups excluding carboxylic acids is 1. The van der Waals surface area contributed by atoms with Crippen molar-refractivity contribution < 1.29 is 17.6 Å². The molecule has 0 saturated carbocycles. The number of hydrogen-bond acceptors (Lipinski definition) is 4. The Labute approximate surface area is 137 Å². The highest BCUT2D eigenvalue weighted by molar-refractivity contribution is 7.91. The minimum Gasteiger partial charge on any atom is -0.332 e. The number of hydrogen-bond donors (Lipinski definition) is 1. The van der Waals surface area contributed by atoms with Crippen LogP contribution >= 0.6 is 11.3 Å². The second-order valence-electron chi connectivity index (χ2n) is 5.41. The van der Waals surface area contributed by atoms with Gasteiger partial charge in [0.2, 0.25) is 10.0 Å². The SMILES string of the molecule is NS(=O)(=O)c1cc(C(=O)N2CCC[C@H]2c2ccc(F)cc2)cs1. The lowest BCUT2D eigenvalue weighted by Gasteiger charge is -2.24. The molecule has 1 aromatic carbocycles. The van der Waals surface area contributed by atoms with Gasteiger partial charge in [0.05, 0.1) is 11.6 Å². The topological polar surface area (TPSA) is 80.5 Å². The summed E-state index contributed by atoms with van der Waals surface area (Å²) in [6, 6.07) is 7.28. The predicted octanol–water partition coefficient (Wildman–Crippen LogP) is 2.51. The van der Waals surface area contributed by atoms with Gasteiger partial charge in [-0.1, -0.05) is 12.1 Å². The number of carbonyl (C=O) groups is 1. The number of benzene rings is 1. The first-order valence-electron chi connectivity index (χ1n) is 7.04. The fraction of sp³-hybridized carbons (Fsp3) is 0.267. The maximum absolute atomic E-state index is 13.1. The lowest BCUT2D eigenvalue weighted by Crippen LogP contribution is -2.30. The van der Waals surface area contributed by atoms with Crippen LogP contribution in [0.1, 0.15) is 34.8 Å². The second kappa shape index (κ2) is 6.03. The fourth-order valence-electron chi connectivity index (χ4n) is 2.79. The molecule has 2 aromatic rings. The highest BCUT2D eigenvalue weighted by Crippen LogP contribution is 2.34. The maximum Gasteiger partial charge on any atom is 0.255 e. The van der Waals surface area contributed by atoms with E-state index < -0.39 is 10.0 Å². The van der Waals surface area contributed by atoms with E-state index in [1.807, 2.05) is 0 Å². The molecule has 2 heterocycles. The lowest BCUT2D eigenvalue weighted by atomic mass is 10.0. The summed E-state index contributed by atoms with van der Waals surface area (Å²) in [4.78, 5) is 14.4. The van der Waals surface area contributed by atoms with Crippen LogP contribution in [0.5, 0.6) is 0 Å². The number of sulfonamides is 1. The molecule has 1 amide bonds. The van der Waals surface area contributed by atoms with Crippen molar-refractivity contribution in [3.63, 3.8) is 0 Å². The summed E-state index contributed by atoms with van der Waals surface area (Å²) in [5, 5.41) is 6.58. The van der Waals surface area contributed by atoms with Crippen molar-refractivity contribution in [2.75, 3.05) is 6.54 Å². The lowest BCUT2D eigenvalue weighted by molar-refractivity contribution is 0.0736. The molecule has 1 aliphatic heterocycles. The van der Waals surface area contributed by atoms with Crippen molar-refractivity contribution in [3.8, 4) is 0 Å². The van der Waals surface area contributed by atoms with Gasteiger partial charge in [-0.3, -0.25) is 4.79 Å². The summed E-state index contributed by atoms with van der Waals surface area (Å²) < 4.78 is 35.7. The zero-order chi connectivity index (χ0) is 16.6. The van der Waals surface area contributed by atoms with Gasteiger partial charge >= 0.3 is 0 Å². The van der Waals surface area contributed by atoms with E-state index in [1.54, 1.807) is 17.0 Å². The van der Waals surface area contributed by atoms with Gasteiger partial charge in [-0.2, -0.15) is 0 Å². The van der Waals surface area contributed by atoms with Crippen LogP contribution in [0.25, 0.3) is 0 Å². The molecule has 0 bridgehead atoms. The number of primary sulfonamides is 1. The van der Waals surface area contributed by atoms with Gasteiger partial charge in [-0.15, -0.1) is 11.3 Å². The molecule has 23 heavy (non-hydrogen) atoms. The highest BCUT2D eigenvalue weighted by Gasteiger charge is 2.31. The molecule has 1 saturated heterocycles. The summed E-state index contributed by atoms with van der Waals surface area (Å²) in [5.74, 6) is -0.553. The summed E-state index contributed by atoms with van der Waals surface area (Å²) in [6.07, 6.45) is 1.64. The average molecular weight is 354 g/mol. The molecule has 1 aliphatic rings. The predicted molar refractivity (Wildman–Crippen MR) is 85.1 cm³/mol. The number of amides is 1. The Morgan fingerprint density at radius 1 is 1.30 bits per heavy atom. The zero-order valence-electron chi connectivity index (χ0n) is 12.1. The molecule has 0 unspecified atom stereocenters. The first-order chi connectivity index (χ1) is 10.9. The Balaban J connectivity index is 1.86. The number of nitrogens with two attached hydrogens (primary N) is 1. The molecular weight excluding hydrogens is 339 g/mol. The number of likely N-dealkylation sites (tertiary alicyclic amines) is 1. The summed E-state index contributed by atoms with van der Waals surface area (Å²) >= 11 is 0.933. The summed E-state index contributed by atoms with van der Waals surface area (Å²) in [6.45, 7) is 0.585. The Kier molecular flexibility index (Phi) is 4.22. The van der Waals surface area contributed by atoms with Crippen LogP contribution in [0, 0.1) is 5.82 Å². The van der Waals surface area contributed by atoms with Crippen molar-refractivity contribution in [3.05, 3.63) is 52.7 Å².